The molecule has 6 atom stereocenters. The molecule has 36 heavy (non-hydrogen) atoms. The van der Waals surface area contributed by atoms with Gasteiger partial charge in [0.15, 0.2) is 9.84 Å². The topological polar surface area (TPSA) is 74.6 Å². The molecular formula is C31H42O4S. The average Bonchev–Trinajstić information content (AvgIpc) is 3.54. The van der Waals surface area contributed by atoms with Gasteiger partial charge in [-0.1, -0.05) is 56.4 Å². The van der Waals surface area contributed by atoms with E-state index in [-0.39, 0.29) is 5.41 Å². The molecule has 4 fully saturated rings. The highest BCUT2D eigenvalue weighted by Gasteiger charge is 2.58. The normalized spacial score (nSPS) is 37.2. The van der Waals surface area contributed by atoms with Gasteiger partial charge in [-0.2, -0.15) is 0 Å². The monoisotopic (exact) mass is 510 g/mol. The van der Waals surface area contributed by atoms with Crippen molar-refractivity contribution in [1.82, 2.24) is 0 Å². The van der Waals surface area contributed by atoms with Gasteiger partial charge < -0.3 is 10.2 Å². The first-order chi connectivity index (χ1) is 17.1. The highest BCUT2D eigenvalue weighted by molar-refractivity contribution is 7.93. The van der Waals surface area contributed by atoms with E-state index in [4.69, 9.17) is 0 Å². The molecule has 1 aromatic rings. The van der Waals surface area contributed by atoms with Crippen LogP contribution in [0.15, 0.2) is 70.7 Å². The molecule has 5 rings (SSSR count). The quantitative estimate of drug-likeness (QED) is 0.481. The molecule has 2 N–H and O–H groups in total. The van der Waals surface area contributed by atoms with Crippen molar-refractivity contribution in [3.63, 3.8) is 0 Å². The van der Waals surface area contributed by atoms with Crippen molar-refractivity contribution >= 4 is 9.84 Å². The lowest BCUT2D eigenvalue weighted by Gasteiger charge is -2.45. The van der Waals surface area contributed by atoms with Crippen LogP contribution in [0.25, 0.3) is 0 Å². The zero-order chi connectivity index (χ0) is 25.7. The molecule has 4 nitrogen and oxygen atoms in total. The lowest BCUT2D eigenvalue weighted by molar-refractivity contribution is 0.0861. The number of allylic oxidation sites excluding steroid dienone is 3. The first kappa shape index (κ1) is 25.9. The Hall–Kier alpha value is -1.69. The summed E-state index contributed by atoms with van der Waals surface area (Å²) in [5.74, 6) is 1.40. The number of aliphatic hydroxyl groups is 2. The average molecular weight is 511 g/mol. The first-order valence-corrected chi connectivity index (χ1v) is 15.3. The number of hydrogen-bond donors (Lipinski definition) is 2. The van der Waals surface area contributed by atoms with E-state index in [2.05, 4.69) is 32.6 Å². The number of benzene rings is 1. The van der Waals surface area contributed by atoms with E-state index in [1.165, 1.54) is 12.0 Å². The third-order valence-electron chi connectivity index (χ3n) is 10.1. The summed E-state index contributed by atoms with van der Waals surface area (Å²) in [6, 6.07) is 9.02. The van der Waals surface area contributed by atoms with Crippen LogP contribution in [0.3, 0.4) is 0 Å². The van der Waals surface area contributed by atoms with E-state index in [1.807, 2.05) is 18.2 Å². The van der Waals surface area contributed by atoms with Crippen molar-refractivity contribution in [3.8, 4) is 0 Å². The summed E-state index contributed by atoms with van der Waals surface area (Å²) in [5, 5.41) is 20.3. The number of hydrogen-bond acceptors (Lipinski definition) is 4. The molecule has 4 aliphatic carbocycles. The Bertz CT molecular complexity index is 1160. The van der Waals surface area contributed by atoms with Crippen molar-refractivity contribution in [1.29, 1.82) is 0 Å². The van der Waals surface area contributed by atoms with E-state index in [9.17, 15) is 18.6 Å². The Labute approximate surface area is 217 Å². The first-order valence-electron chi connectivity index (χ1n) is 13.8. The maximum Gasteiger partial charge on any atom is 0.184 e. The fraction of sp³-hybridized carbons (Fsp3) is 0.613. The maximum absolute atomic E-state index is 13.5. The highest BCUT2D eigenvalue weighted by atomic mass is 32.2. The van der Waals surface area contributed by atoms with E-state index in [0.29, 0.717) is 35.5 Å². The second-order valence-electron chi connectivity index (χ2n) is 12.3. The Morgan fingerprint density at radius 1 is 1.11 bits per heavy atom. The van der Waals surface area contributed by atoms with Crippen LogP contribution in [0, 0.1) is 23.2 Å². The molecule has 5 heteroatoms. The van der Waals surface area contributed by atoms with Gasteiger partial charge in [0, 0.05) is 6.42 Å². The molecule has 0 saturated heterocycles. The number of sulfone groups is 1. The lowest BCUT2D eigenvalue weighted by atomic mass is 9.60. The minimum Gasteiger partial charge on any atom is -0.393 e. The van der Waals surface area contributed by atoms with Crippen molar-refractivity contribution in [2.45, 2.75) is 99.9 Å². The summed E-state index contributed by atoms with van der Waals surface area (Å²) in [6.07, 6.45) is 12.2. The Morgan fingerprint density at radius 2 is 1.83 bits per heavy atom. The van der Waals surface area contributed by atoms with Gasteiger partial charge in [-0.3, -0.25) is 0 Å². The summed E-state index contributed by atoms with van der Waals surface area (Å²) in [7, 11) is -3.32. The molecule has 0 unspecified atom stereocenters. The summed E-state index contributed by atoms with van der Waals surface area (Å²) in [6.45, 7) is 8.81. The van der Waals surface area contributed by atoms with Gasteiger partial charge in [0.2, 0.25) is 0 Å². The third-order valence-corrected chi connectivity index (χ3v) is 12.7. The molecule has 0 spiro atoms. The SMILES string of the molecule is C=C1C(=CC=C2CCC[C@]3(C)[C@@H]([C@H](C)CC4(S(=O)(=O)c5ccccc5)CC4)CC[C@@H]23)C[C@@H](O)C[C@@H]1O. The van der Waals surface area contributed by atoms with E-state index < -0.39 is 26.8 Å². The third kappa shape index (κ3) is 4.46. The molecule has 0 bridgehead atoms. The van der Waals surface area contributed by atoms with Gasteiger partial charge in [-0.05, 0) is 104 Å². The van der Waals surface area contributed by atoms with Crippen LogP contribution in [0.5, 0.6) is 0 Å². The zero-order valence-corrected chi connectivity index (χ0v) is 22.6. The number of aliphatic hydroxyl groups excluding tert-OH is 2. The van der Waals surface area contributed by atoms with Gasteiger partial charge in [-0.25, -0.2) is 8.42 Å². The molecule has 4 aliphatic rings. The second kappa shape index (κ2) is 9.56. The van der Waals surface area contributed by atoms with Gasteiger partial charge in [-0.15, -0.1) is 0 Å². The summed E-state index contributed by atoms with van der Waals surface area (Å²) in [5.41, 5.74) is 3.37. The van der Waals surface area contributed by atoms with Crippen LogP contribution in [0.2, 0.25) is 0 Å². The van der Waals surface area contributed by atoms with Crippen LogP contribution >= 0.6 is 0 Å². The number of rotatable bonds is 6. The van der Waals surface area contributed by atoms with Gasteiger partial charge in [0.05, 0.1) is 21.9 Å². The predicted octanol–water partition coefficient (Wildman–Crippen LogP) is 6.16. The zero-order valence-electron chi connectivity index (χ0n) is 21.8. The van der Waals surface area contributed by atoms with E-state index >= 15 is 0 Å². The van der Waals surface area contributed by atoms with Gasteiger partial charge in [0.25, 0.3) is 0 Å². The molecule has 0 amide bonds. The van der Waals surface area contributed by atoms with Crippen molar-refractivity contribution in [2.24, 2.45) is 23.2 Å². The standard InChI is InChI=1S/C31H42O4S/c1-21(20-31(16-17-31)36(34,35)26-9-5-4-6-10-26)27-13-14-28-23(8-7-15-30(27,28)3)11-12-24-18-25(32)19-29(33)22(24)2/h4-6,9-12,21,25,27-29,32-33H,2,7-8,13-20H2,1,3H3/t21-,25-,27-,28+,29+,30-/m1/s1. The fourth-order valence-electron chi connectivity index (χ4n) is 7.98. The predicted molar refractivity (Wildman–Crippen MR) is 144 cm³/mol. The minimum atomic E-state index is -3.32. The molecule has 0 aromatic heterocycles. The summed E-state index contributed by atoms with van der Waals surface area (Å²) >= 11 is 0. The van der Waals surface area contributed by atoms with Crippen LogP contribution in [-0.4, -0.2) is 35.6 Å². The van der Waals surface area contributed by atoms with Crippen LogP contribution in [0.4, 0.5) is 0 Å². The molecule has 0 radical (unpaired) electrons. The van der Waals surface area contributed by atoms with Crippen molar-refractivity contribution in [2.75, 3.05) is 0 Å². The Morgan fingerprint density at radius 3 is 2.53 bits per heavy atom. The maximum atomic E-state index is 13.5. The second-order valence-corrected chi connectivity index (χ2v) is 14.7. The lowest BCUT2D eigenvalue weighted by Crippen LogP contribution is -2.38. The molecule has 0 heterocycles. The Kier molecular flexibility index (Phi) is 6.89. The van der Waals surface area contributed by atoms with Gasteiger partial charge in [0.1, 0.15) is 0 Å². The van der Waals surface area contributed by atoms with E-state index in [0.717, 1.165) is 56.1 Å². The minimum absolute atomic E-state index is 0.192. The van der Waals surface area contributed by atoms with Crippen LogP contribution in [-0.2, 0) is 9.84 Å². The largest absolute Gasteiger partial charge is 0.393 e. The number of fused-ring (bicyclic) bond motifs is 1. The summed E-state index contributed by atoms with van der Waals surface area (Å²) < 4.78 is 26.5. The summed E-state index contributed by atoms with van der Waals surface area (Å²) in [4.78, 5) is 0.473. The van der Waals surface area contributed by atoms with Crippen LogP contribution < -0.4 is 0 Å². The van der Waals surface area contributed by atoms with E-state index in [1.54, 1.807) is 12.1 Å². The highest BCUT2D eigenvalue weighted by Crippen LogP contribution is 2.62. The molecular weight excluding hydrogens is 468 g/mol. The van der Waals surface area contributed by atoms with Crippen LogP contribution in [0.1, 0.15) is 78.1 Å². The Balaban J connectivity index is 1.33. The molecule has 0 aliphatic heterocycles. The van der Waals surface area contributed by atoms with Crippen molar-refractivity contribution < 1.29 is 18.6 Å². The molecule has 4 saturated carbocycles. The van der Waals surface area contributed by atoms with Crippen molar-refractivity contribution in [3.05, 3.63) is 65.8 Å². The fourth-order valence-corrected chi connectivity index (χ4v) is 10.1. The van der Waals surface area contributed by atoms with Gasteiger partial charge >= 0.3 is 0 Å². The molecule has 196 valence electrons. The smallest absolute Gasteiger partial charge is 0.184 e. The molecule has 1 aromatic carbocycles.